The minimum absolute atomic E-state index is 1.12. The Morgan fingerprint density at radius 2 is 1.32 bits per heavy atom. The molecule has 0 aliphatic carbocycles. The molecule has 192 valence electrons. The molecule has 0 fully saturated rings. The minimum atomic E-state index is 1.12. The van der Waals surface area contributed by atoms with Crippen LogP contribution in [0.25, 0.3) is 82.7 Å². The summed E-state index contributed by atoms with van der Waals surface area (Å²) in [4.78, 5) is 0. The van der Waals surface area contributed by atoms with Gasteiger partial charge in [0.1, 0.15) is 0 Å². The van der Waals surface area contributed by atoms with Gasteiger partial charge in [0, 0.05) is 42.0 Å². The highest BCUT2D eigenvalue weighted by Crippen LogP contribution is 2.49. The first kappa shape index (κ1) is 24.4. The molecule has 2 heteroatoms. The molecule has 7 aromatic rings. The van der Waals surface area contributed by atoms with Crippen LogP contribution in [0.15, 0.2) is 104 Å². The van der Waals surface area contributed by atoms with Crippen LogP contribution >= 0.6 is 11.3 Å². The highest BCUT2D eigenvalue weighted by molar-refractivity contribution is 7.27. The second-order valence-corrected chi connectivity index (χ2v) is 11.1. The van der Waals surface area contributed by atoms with Crippen molar-refractivity contribution in [3.63, 3.8) is 0 Å². The van der Waals surface area contributed by atoms with Crippen molar-refractivity contribution in [1.82, 2.24) is 4.57 Å². The summed E-state index contributed by atoms with van der Waals surface area (Å²) in [5, 5.41) is 7.76. The topological polar surface area (TPSA) is 4.93 Å². The van der Waals surface area contributed by atoms with Crippen LogP contribution in [-0.4, -0.2) is 4.57 Å². The lowest BCUT2D eigenvalue weighted by Gasteiger charge is -2.13. The highest BCUT2D eigenvalue weighted by Gasteiger charge is 2.22. The summed E-state index contributed by atoms with van der Waals surface area (Å²) in [6.07, 6.45) is 12.5. The Hall–Kier alpha value is -4.66. The third kappa shape index (κ3) is 3.40. The van der Waals surface area contributed by atoms with E-state index >= 15 is 0 Å². The van der Waals surface area contributed by atoms with Crippen LogP contribution in [0.2, 0.25) is 0 Å². The van der Waals surface area contributed by atoms with Crippen molar-refractivity contribution in [2.24, 2.45) is 0 Å². The smallest absolute Gasteiger partial charge is 0.0640 e. The molecule has 0 unspecified atom stereocenters. The van der Waals surface area contributed by atoms with Crippen LogP contribution in [0, 0.1) is 0 Å². The quantitative estimate of drug-likeness (QED) is 0.208. The van der Waals surface area contributed by atoms with Gasteiger partial charge in [-0.05, 0) is 59.7 Å². The minimum Gasteiger partial charge on any atom is -0.309 e. The van der Waals surface area contributed by atoms with Gasteiger partial charge >= 0.3 is 0 Å². The van der Waals surface area contributed by atoms with E-state index in [2.05, 4.69) is 135 Å². The van der Waals surface area contributed by atoms with Crippen molar-refractivity contribution in [3.05, 3.63) is 126 Å². The Labute approximate surface area is 238 Å². The number of fused-ring (bicyclic) bond motifs is 10. The molecule has 0 atom stereocenters. The van der Waals surface area contributed by atoms with E-state index in [1.807, 2.05) is 23.5 Å². The van der Waals surface area contributed by atoms with Crippen LogP contribution in [0.1, 0.15) is 36.1 Å². The van der Waals surface area contributed by atoms with Gasteiger partial charge < -0.3 is 4.57 Å². The summed E-state index contributed by atoms with van der Waals surface area (Å²) in [7, 11) is 0. The fraction of sp³-hybridized carbons (Fsp3) is 0.0526. The molecule has 5 aromatic carbocycles. The lowest BCUT2D eigenvalue weighted by atomic mass is 9.98. The van der Waals surface area contributed by atoms with E-state index in [9.17, 15) is 0 Å². The molecule has 0 amide bonds. The number of hydrogen-bond acceptors (Lipinski definition) is 1. The van der Waals surface area contributed by atoms with Crippen LogP contribution < -0.4 is 0 Å². The van der Waals surface area contributed by atoms with Crippen molar-refractivity contribution < 1.29 is 0 Å². The van der Waals surface area contributed by atoms with Crippen molar-refractivity contribution in [2.45, 2.75) is 13.8 Å². The summed E-state index contributed by atoms with van der Waals surface area (Å²) in [5.74, 6) is 0. The second kappa shape index (κ2) is 9.51. The van der Waals surface area contributed by atoms with E-state index in [1.54, 1.807) is 0 Å². The Morgan fingerprint density at radius 1 is 0.625 bits per heavy atom. The van der Waals surface area contributed by atoms with Gasteiger partial charge in [-0.1, -0.05) is 110 Å². The van der Waals surface area contributed by atoms with Crippen molar-refractivity contribution >= 4 is 88.4 Å². The van der Waals surface area contributed by atoms with Gasteiger partial charge in [-0.15, -0.1) is 11.3 Å². The second-order valence-electron chi connectivity index (χ2n) is 10.1. The molecular weight excluding hydrogens is 502 g/mol. The maximum absolute atomic E-state index is 4.13. The molecule has 2 aromatic heterocycles. The lowest BCUT2D eigenvalue weighted by molar-refractivity contribution is 1.18. The SMILES string of the molecule is C=Cc1cc(-n2c3ccccc3c3c4ccccc4c4sc5c(/C=C\C)c(C=C)ccc5c4c32)ccc1/C=C\C. The first-order valence-corrected chi connectivity index (χ1v) is 14.5. The largest absolute Gasteiger partial charge is 0.309 e. The third-order valence-corrected chi connectivity index (χ3v) is 9.20. The average Bonchev–Trinajstić information content (AvgIpc) is 3.55. The molecule has 0 spiro atoms. The summed E-state index contributed by atoms with van der Waals surface area (Å²) < 4.78 is 5.09. The average molecular weight is 532 g/mol. The molecule has 1 nitrogen and oxygen atoms in total. The van der Waals surface area contributed by atoms with E-state index in [4.69, 9.17) is 0 Å². The van der Waals surface area contributed by atoms with Crippen LogP contribution in [0.5, 0.6) is 0 Å². The molecule has 0 bridgehead atoms. The molecule has 0 radical (unpaired) electrons. The van der Waals surface area contributed by atoms with E-state index in [1.165, 1.54) is 63.9 Å². The molecule has 0 aliphatic heterocycles. The zero-order chi connectivity index (χ0) is 27.4. The lowest BCUT2D eigenvalue weighted by Crippen LogP contribution is -1.96. The summed E-state index contributed by atoms with van der Waals surface area (Å²) in [6, 6.07) is 28.9. The monoisotopic (exact) mass is 531 g/mol. The number of hydrogen-bond donors (Lipinski definition) is 0. The Morgan fingerprint density at radius 3 is 2.08 bits per heavy atom. The predicted octanol–water partition coefficient (Wildman–Crippen LogP) is 11.7. The first-order valence-electron chi connectivity index (χ1n) is 13.7. The predicted molar refractivity (Wildman–Crippen MR) is 181 cm³/mol. The summed E-state index contributed by atoms with van der Waals surface area (Å²) in [6.45, 7) is 12.4. The van der Waals surface area contributed by atoms with E-state index in [0.29, 0.717) is 0 Å². The fourth-order valence-electron chi connectivity index (χ4n) is 6.26. The van der Waals surface area contributed by atoms with Crippen LogP contribution in [-0.2, 0) is 0 Å². The summed E-state index contributed by atoms with van der Waals surface area (Å²) in [5.41, 5.74) is 8.30. The van der Waals surface area contributed by atoms with Gasteiger partial charge in [0.15, 0.2) is 0 Å². The molecule has 0 aliphatic rings. The van der Waals surface area contributed by atoms with Crippen LogP contribution in [0.3, 0.4) is 0 Å². The maximum Gasteiger partial charge on any atom is 0.0640 e. The van der Waals surface area contributed by atoms with Crippen molar-refractivity contribution in [1.29, 1.82) is 0 Å². The van der Waals surface area contributed by atoms with Gasteiger partial charge in [-0.3, -0.25) is 0 Å². The van der Waals surface area contributed by atoms with Crippen molar-refractivity contribution in [2.75, 3.05) is 0 Å². The van der Waals surface area contributed by atoms with Crippen molar-refractivity contribution in [3.8, 4) is 5.69 Å². The number of aromatic nitrogens is 1. The standard InChI is InChI=1S/C38H29NS/c1-5-13-26-19-21-27(23-25(26)8-4)39-33-18-12-11-17-31(33)34-29-15-9-10-16-30(29)38-35(36(34)39)32-22-20-24(7-3)28(14-6-2)37(32)40-38/h5-23H,3-4H2,1-2H3/b13-5-,14-6-. The molecule has 0 N–H and O–H groups in total. The number of para-hydroxylation sites is 1. The fourth-order valence-corrected chi connectivity index (χ4v) is 7.64. The first-order chi connectivity index (χ1) is 19.7. The highest BCUT2D eigenvalue weighted by atomic mass is 32.1. The van der Waals surface area contributed by atoms with Gasteiger partial charge in [0.25, 0.3) is 0 Å². The number of allylic oxidation sites excluding steroid dienone is 2. The number of nitrogens with zero attached hydrogens (tertiary/aromatic N) is 1. The van der Waals surface area contributed by atoms with E-state index in [-0.39, 0.29) is 0 Å². The normalized spacial score (nSPS) is 12.2. The van der Waals surface area contributed by atoms with Gasteiger partial charge in [0.2, 0.25) is 0 Å². The molecule has 2 heterocycles. The zero-order valence-electron chi connectivity index (χ0n) is 22.7. The Balaban J connectivity index is 1.78. The van der Waals surface area contributed by atoms with Gasteiger partial charge in [0.05, 0.1) is 11.0 Å². The van der Waals surface area contributed by atoms with E-state index in [0.717, 1.165) is 16.8 Å². The van der Waals surface area contributed by atoms with Crippen LogP contribution in [0.4, 0.5) is 0 Å². The van der Waals surface area contributed by atoms with Gasteiger partial charge in [-0.25, -0.2) is 0 Å². The molecule has 0 saturated heterocycles. The Bertz CT molecular complexity index is 2210. The zero-order valence-corrected chi connectivity index (χ0v) is 23.6. The van der Waals surface area contributed by atoms with Gasteiger partial charge in [-0.2, -0.15) is 0 Å². The maximum atomic E-state index is 4.13. The molecule has 7 rings (SSSR count). The number of rotatable bonds is 5. The Kier molecular flexibility index (Phi) is 5.80. The molecule has 0 saturated carbocycles. The molecular formula is C38H29NS. The third-order valence-electron chi connectivity index (χ3n) is 7.93. The number of thiophene rings is 1. The number of benzene rings is 5. The summed E-state index contributed by atoms with van der Waals surface area (Å²) >= 11 is 1.89. The van der Waals surface area contributed by atoms with E-state index < -0.39 is 0 Å². The molecule has 40 heavy (non-hydrogen) atoms.